The van der Waals surface area contributed by atoms with Crippen LogP contribution in [0.1, 0.15) is 48.3 Å². The van der Waals surface area contributed by atoms with Gasteiger partial charge in [-0.15, -0.1) is 0 Å². The van der Waals surface area contributed by atoms with Gasteiger partial charge in [0.25, 0.3) is 0 Å². The molecule has 2 aromatic rings. The smallest absolute Gasteiger partial charge is 0.223 e. The van der Waals surface area contributed by atoms with Crippen LogP contribution >= 0.6 is 0 Å². The number of benzene rings is 1. The quantitative estimate of drug-likeness (QED) is 0.883. The molecule has 0 aliphatic carbocycles. The number of carbonyl (C=O) groups is 1. The third-order valence-corrected chi connectivity index (χ3v) is 5.93. The van der Waals surface area contributed by atoms with Crippen molar-refractivity contribution in [3.8, 4) is 0 Å². The number of nitrogens with one attached hydrogen (secondary N) is 1. The summed E-state index contributed by atoms with van der Waals surface area (Å²) in [5.41, 5.74) is 5.93. The Labute approximate surface area is 162 Å². The minimum absolute atomic E-state index is 0.248. The summed E-state index contributed by atoms with van der Waals surface area (Å²) in [6.07, 6.45) is 1.31. The first-order valence-electron chi connectivity index (χ1n) is 9.98. The lowest BCUT2D eigenvalue weighted by molar-refractivity contribution is -0.134. The summed E-state index contributed by atoms with van der Waals surface area (Å²) in [6, 6.07) is 9.18. The zero-order chi connectivity index (χ0) is 19.6. The largest absolute Gasteiger partial charge is 0.337 e. The molecule has 1 saturated heterocycles. The second-order valence-electron chi connectivity index (χ2n) is 7.86. The average molecular weight is 369 g/mol. The molecule has 5 nitrogen and oxygen atoms in total. The standard InChI is InChI=1S/C22H32N4O/c1-15-6-8-20(9-7-15)14-26-19(5)21(17(3)24-26)10-11-22(27)25-13-12-23-16(2)18(25)4/h6-9,16,18,23H,10-14H2,1-5H3. The number of hydrogen-bond donors (Lipinski definition) is 1. The molecule has 1 amide bonds. The maximum Gasteiger partial charge on any atom is 0.223 e. The van der Waals surface area contributed by atoms with Crippen molar-refractivity contribution in [1.82, 2.24) is 20.0 Å². The first-order chi connectivity index (χ1) is 12.9. The summed E-state index contributed by atoms with van der Waals surface area (Å²) in [7, 11) is 0. The molecule has 2 atom stereocenters. The van der Waals surface area contributed by atoms with Crippen molar-refractivity contribution in [3.63, 3.8) is 0 Å². The highest BCUT2D eigenvalue weighted by atomic mass is 16.2. The summed E-state index contributed by atoms with van der Waals surface area (Å²) in [4.78, 5) is 14.8. The van der Waals surface area contributed by atoms with E-state index in [2.05, 4.69) is 62.0 Å². The van der Waals surface area contributed by atoms with E-state index in [9.17, 15) is 4.79 Å². The lowest BCUT2D eigenvalue weighted by Gasteiger charge is -2.38. The summed E-state index contributed by atoms with van der Waals surface area (Å²) < 4.78 is 2.06. The highest BCUT2D eigenvalue weighted by molar-refractivity contribution is 5.77. The van der Waals surface area contributed by atoms with E-state index in [1.165, 1.54) is 22.4 Å². The summed E-state index contributed by atoms with van der Waals surface area (Å²) in [5.74, 6) is 0.251. The lowest BCUT2D eigenvalue weighted by Crippen LogP contribution is -2.57. The molecule has 1 aliphatic heterocycles. The highest BCUT2D eigenvalue weighted by Gasteiger charge is 2.28. The van der Waals surface area contributed by atoms with E-state index in [-0.39, 0.29) is 11.9 Å². The Bertz CT molecular complexity index is 793. The van der Waals surface area contributed by atoms with Crippen molar-refractivity contribution in [2.45, 2.75) is 66.1 Å². The summed E-state index contributed by atoms with van der Waals surface area (Å²) in [5, 5.41) is 8.16. The van der Waals surface area contributed by atoms with Gasteiger partial charge in [0.05, 0.1) is 12.2 Å². The van der Waals surface area contributed by atoms with Crippen molar-refractivity contribution in [2.75, 3.05) is 13.1 Å². The number of piperazine rings is 1. The highest BCUT2D eigenvalue weighted by Crippen LogP contribution is 2.19. The molecule has 0 spiro atoms. The van der Waals surface area contributed by atoms with Crippen LogP contribution in [-0.4, -0.2) is 45.8 Å². The number of aromatic nitrogens is 2. The fourth-order valence-electron chi connectivity index (χ4n) is 3.90. The minimum atomic E-state index is 0.248. The average Bonchev–Trinajstić information content (AvgIpc) is 2.90. The van der Waals surface area contributed by atoms with E-state index in [0.717, 1.165) is 31.7 Å². The molecule has 2 heterocycles. The van der Waals surface area contributed by atoms with Crippen LogP contribution in [0, 0.1) is 20.8 Å². The van der Waals surface area contributed by atoms with E-state index >= 15 is 0 Å². The maximum absolute atomic E-state index is 12.8. The van der Waals surface area contributed by atoms with Crippen molar-refractivity contribution < 1.29 is 4.79 Å². The van der Waals surface area contributed by atoms with Crippen molar-refractivity contribution in [2.24, 2.45) is 0 Å². The predicted molar refractivity (Wildman–Crippen MR) is 109 cm³/mol. The molecule has 3 rings (SSSR count). The SMILES string of the molecule is Cc1ccc(Cn2nc(C)c(CCC(=O)N3CCNC(C)C3C)c2C)cc1. The Hall–Kier alpha value is -2.14. The molecule has 1 aliphatic rings. The molecule has 1 aromatic heterocycles. The molecule has 0 radical (unpaired) electrons. The zero-order valence-corrected chi connectivity index (χ0v) is 17.2. The molecular formula is C22H32N4O. The Morgan fingerprint density at radius 2 is 1.89 bits per heavy atom. The molecule has 0 bridgehead atoms. The van der Waals surface area contributed by atoms with Crippen LogP contribution in [0.4, 0.5) is 0 Å². The fourth-order valence-corrected chi connectivity index (χ4v) is 3.90. The Morgan fingerprint density at radius 1 is 1.19 bits per heavy atom. The van der Waals surface area contributed by atoms with Gasteiger partial charge in [0.15, 0.2) is 0 Å². The minimum Gasteiger partial charge on any atom is -0.337 e. The van der Waals surface area contributed by atoms with Gasteiger partial charge in [-0.1, -0.05) is 29.8 Å². The monoisotopic (exact) mass is 368 g/mol. The van der Waals surface area contributed by atoms with Gasteiger partial charge in [-0.2, -0.15) is 5.10 Å². The first kappa shape index (κ1) is 19.6. The summed E-state index contributed by atoms with van der Waals surface area (Å²) >= 11 is 0. The Balaban J connectivity index is 1.66. The molecule has 146 valence electrons. The van der Waals surface area contributed by atoms with E-state index in [0.29, 0.717) is 12.5 Å². The topological polar surface area (TPSA) is 50.2 Å². The molecular weight excluding hydrogens is 336 g/mol. The molecule has 5 heteroatoms. The van der Waals surface area contributed by atoms with Gasteiger partial charge < -0.3 is 10.2 Å². The van der Waals surface area contributed by atoms with Gasteiger partial charge in [-0.25, -0.2) is 0 Å². The first-order valence-corrected chi connectivity index (χ1v) is 9.98. The molecule has 1 aromatic carbocycles. The van der Waals surface area contributed by atoms with E-state index < -0.39 is 0 Å². The van der Waals surface area contributed by atoms with Crippen LogP contribution in [-0.2, 0) is 17.8 Å². The molecule has 0 saturated carbocycles. The van der Waals surface area contributed by atoms with Crippen LogP contribution in [0.25, 0.3) is 0 Å². The van der Waals surface area contributed by atoms with Crippen LogP contribution in [0.5, 0.6) is 0 Å². The molecule has 27 heavy (non-hydrogen) atoms. The normalized spacial score (nSPS) is 20.1. The van der Waals surface area contributed by atoms with Crippen LogP contribution in [0.2, 0.25) is 0 Å². The van der Waals surface area contributed by atoms with Gasteiger partial charge in [-0.3, -0.25) is 9.48 Å². The molecule has 1 N–H and O–H groups in total. The van der Waals surface area contributed by atoms with Crippen LogP contribution in [0.15, 0.2) is 24.3 Å². The van der Waals surface area contributed by atoms with E-state index in [1.54, 1.807) is 0 Å². The number of carbonyl (C=O) groups excluding carboxylic acids is 1. The predicted octanol–water partition coefficient (Wildman–Crippen LogP) is 3.00. The maximum atomic E-state index is 12.8. The van der Waals surface area contributed by atoms with Gasteiger partial charge in [0.2, 0.25) is 5.91 Å². The Kier molecular flexibility index (Phi) is 6.00. The van der Waals surface area contributed by atoms with Crippen molar-refractivity contribution >= 4 is 5.91 Å². The summed E-state index contributed by atoms with van der Waals surface area (Å²) in [6.45, 7) is 13.0. The Morgan fingerprint density at radius 3 is 2.59 bits per heavy atom. The number of nitrogens with zero attached hydrogens (tertiary/aromatic N) is 3. The number of rotatable bonds is 5. The second kappa shape index (κ2) is 8.26. The lowest BCUT2D eigenvalue weighted by atomic mass is 10.0. The fraction of sp³-hybridized carbons (Fsp3) is 0.545. The van der Waals surface area contributed by atoms with Crippen LogP contribution < -0.4 is 5.32 Å². The van der Waals surface area contributed by atoms with Gasteiger partial charge in [0.1, 0.15) is 0 Å². The number of aryl methyl sites for hydroxylation is 2. The van der Waals surface area contributed by atoms with Gasteiger partial charge in [-0.05, 0) is 52.2 Å². The van der Waals surface area contributed by atoms with Crippen molar-refractivity contribution in [1.29, 1.82) is 0 Å². The molecule has 2 unspecified atom stereocenters. The number of hydrogen-bond acceptors (Lipinski definition) is 3. The third-order valence-electron chi connectivity index (χ3n) is 5.93. The zero-order valence-electron chi connectivity index (χ0n) is 17.2. The van der Waals surface area contributed by atoms with Gasteiger partial charge in [0, 0.05) is 37.3 Å². The van der Waals surface area contributed by atoms with Crippen LogP contribution in [0.3, 0.4) is 0 Å². The van der Waals surface area contributed by atoms with Crippen molar-refractivity contribution in [3.05, 3.63) is 52.3 Å². The van der Waals surface area contributed by atoms with E-state index in [1.807, 2.05) is 11.8 Å². The third kappa shape index (κ3) is 4.41. The second-order valence-corrected chi connectivity index (χ2v) is 7.86. The van der Waals surface area contributed by atoms with Gasteiger partial charge >= 0.3 is 0 Å². The molecule has 1 fully saturated rings. The number of amides is 1. The van der Waals surface area contributed by atoms with E-state index in [4.69, 9.17) is 5.10 Å².